The van der Waals surface area contributed by atoms with Gasteiger partial charge in [0.05, 0.1) is 7.11 Å². The second-order valence-corrected chi connectivity index (χ2v) is 8.03. The number of hydrogen-bond acceptors (Lipinski definition) is 4. The van der Waals surface area contributed by atoms with Gasteiger partial charge in [0.25, 0.3) is 0 Å². The van der Waals surface area contributed by atoms with E-state index in [9.17, 15) is 4.79 Å². The topological polar surface area (TPSA) is 78.0 Å². The number of halogens is 1. The van der Waals surface area contributed by atoms with Crippen molar-refractivity contribution in [2.45, 2.75) is 52.1 Å². The van der Waals surface area contributed by atoms with Gasteiger partial charge in [-0.25, -0.2) is 4.99 Å². The molecule has 1 amide bonds. The number of benzene rings is 1. The Hall–Kier alpha value is -1.55. The molecule has 1 aliphatic rings. The predicted octanol–water partition coefficient (Wildman–Crippen LogP) is 2.75. The summed E-state index contributed by atoms with van der Waals surface area (Å²) in [6, 6.07) is 7.65. The van der Waals surface area contributed by atoms with Crippen molar-refractivity contribution in [2.75, 3.05) is 39.8 Å². The molecule has 2 rings (SSSR count). The van der Waals surface area contributed by atoms with Gasteiger partial charge in [-0.15, -0.1) is 24.0 Å². The molecule has 1 aromatic carbocycles. The minimum absolute atomic E-state index is 0. The lowest BCUT2D eigenvalue weighted by Gasteiger charge is -2.41. The van der Waals surface area contributed by atoms with E-state index in [4.69, 9.17) is 4.74 Å². The van der Waals surface area contributed by atoms with Crippen LogP contribution in [0.1, 0.15) is 45.6 Å². The third kappa shape index (κ3) is 9.07. The van der Waals surface area contributed by atoms with Gasteiger partial charge in [-0.05, 0) is 64.4 Å². The quantitative estimate of drug-likeness (QED) is 0.260. The Balaban J connectivity index is 0.00000450. The molecule has 1 fully saturated rings. The van der Waals surface area contributed by atoms with E-state index >= 15 is 0 Å². The van der Waals surface area contributed by atoms with Crippen LogP contribution in [0.25, 0.3) is 0 Å². The Morgan fingerprint density at radius 2 is 1.77 bits per heavy atom. The first kappa shape index (κ1) is 26.5. The number of ether oxygens (including phenoxy) is 1. The molecule has 1 aromatic rings. The van der Waals surface area contributed by atoms with E-state index in [1.807, 2.05) is 31.2 Å². The zero-order chi connectivity index (χ0) is 21.1. The number of aliphatic imine (C=N–C) groups is 1. The van der Waals surface area contributed by atoms with Crippen molar-refractivity contribution in [2.24, 2.45) is 4.99 Å². The van der Waals surface area contributed by atoms with Crippen LogP contribution >= 0.6 is 24.0 Å². The molecule has 3 N–H and O–H groups in total. The number of guanidine groups is 1. The monoisotopic (exact) mass is 531 g/mol. The summed E-state index contributed by atoms with van der Waals surface area (Å²) in [4.78, 5) is 19.2. The molecule has 8 heteroatoms. The SMILES string of the molecule is CCNC(=NCC(=O)NCc1ccc(OC)cc1)NCC(C)(C)N1CCCCC1.I. The molecule has 7 nitrogen and oxygen atoms in total. The maximum atomic E-state index is 12.2. The van der Waals surface area contributed by atoms with E-state index in [1.54, 1.807) is 7.11 Å². The van der Waals surface area contributed by atoms with E-state index < -0.39 is 0 Å². The summed E-state index contributed by atoms with van der Waals surface area (Å²) in [6.07, 6.45) is 3.87. The number of nitrogens with zero attached hydrogens (tertiary/aromatic N) is 2. The molecular weight excluding hydrogens is 493 g/mol. The van der Waals surface area contributed by atoms with Gasteiger partial charge in [0.15, 0.2) is 5.96 Å². The smallest absolute Gasteiger partial charge is 0.242 e. The summed E-state index contributed by atoms with van der Waals surface area (Å²) < 4.78 is 5.15. The van der Waals surface area contributed by atoms with Gasteiger partial charge < -0.3 is 20.7 Å². The highest BCUT2D eigenvalue weighted by Crippen LogP contribution is 2.19. The number of carbonyl (C=O) groups excluding carboxylic acids is 1. The van der Waals surface area contributed by atoms with Crippen molar-refractivity contribution >= 4 is 35.8 Å². The first-order valence-electron chi connectivity index (χ1n) is 10.6. The normalized spacial score (nSPS) is 15.1. The van der Waals surface area contributed by atoms with Crippen molar-refractivity contribution in [3.63, 3.8) is 0 Å². The van der Waals surface area contributed by atoms with Crippen LogP contribution in [0.2, 0.25) is 0 Å². The van der Waals surface area contributed by atoms with E-state index in [2.05, 4.69) is 39.7 Å². The van der Waals surface area contributed by atoms with Gasteiger partial charge >= 0.3 is 0 Å². The number of methoxy groups -OCH3 is 1. The van der Waals surface area contributed by atoms with Crippen LogP contribution < -0.4 is 20.7 Å². The molecule has 1 heterocycles. The molecule has 0 spiro atoms. The largest absolute Gasteiger partial charge is 0.497 e. The highest BCUT2D eigenvalue weighted by atomic mass is 127. The Kier molecular flexibility index (Phi) is 12.1. The summed E-state index contributed by atoms with van der Waals surface area (Å²) >= 11 is 0. The number of piperidine rings is 1. The van der Waals surface area contributed by atoms with Crippen LogP contribution in [0.5, 0.6) is 5.75 Å². The minimum atomic E-state index is -0.103. The van der Waals surface area contributed by atoms with Crippen LogP contribution in [0, 0.1) is 0 Å². The van der Waals surface area contributed by atoms with Crippen LogP contribution in [0.3, 0.4) is 0 Å². The van der Waals surface area contributed by atoms with Gasteiger partial charge in [-0.2, -0.15) is 0 Å². The molecule has 0 aromatic heterocycles. The van der Waals surface area contributed by atoms with Crippen LogP contribution in [0.15, 0.2) is 29.3 Å². The molecule has 1 aliphatic heterocycles. The lowest BCUT2D eigenvalue weighted by molar-refractivity contribution is -0.119. The summed E-state index contributed by atoms with van der Waals surface area (Å²) in [7, 11) is 1.64. The van der Waals surface area contributed by atoms with Crippen LogP contribution in [0.4, 0.5) is 0 Å². The summed E-state index contributed by atoms with van der Waals surface area (Å²) in [5.74, 6) is 1.38. The molecule has 170 valence electrons. The van der Waals surface area contributed by atoms with Crippen LogP contribution in [-0.2, 0) is 11.3 Å². The molecule has 0 saturated carbocycles. The Labute approximate surface area is 198 Å². The molecule has 0 bridgehead atoms. The van der Waals surface area contributed by atoms with Crippen molar-refractivity contribution in [3.8, 4) is 5.75 Å². The zero-order valence-corrected chi connectivity index (χ0v) is 21.1. The molecular formula is C22H38IN5O2. The fourth-order valence-electron chi connectivity index (χ4n) is 3.40. The molecule has 0 atom stereocenters. The second-order valence-electron chi connectivity index (χ2n) is 8.03. The standard InChI is InChI=1S/C22H37N5O2.HI/c1-5-23-21(26-17-22(2,3)27-13-7-6-8-14-27)25-16-20(28)24-15-18-9-11-19(29-4)12-10-18;/h9-12H,5-8,13-17H2,1-4H3,(H,24,28)(H2,23,25,26);1H. The van der Waals surface area contributed by atoms with Gasteiger partial charge in [0.2, 0.25) is 5.91 Å². The van der Waals surface area contributed by atoms with E-state index in [0.29, 0.717) is 12.5 Å². The summed E-state index contributed by atoms with van der Waals surface area (Å²) in [5, 5.41) is 9.54. The van der Waals surface area contributed by atoms with Crippen molar-refractivity contribution in [1.82, 2.24) is 20.9 Å². The number of carbonyl (C=O) groups is 1. The number of nitrogens with one attached hydrogen (secondary N) is 3. The summed E-state index contributed by atoms with van der Waals surface area (Å²) in [6.45, 7) is 10.9. The number of rotatable bonds is 9. The molecule has 0 radical (unpaired) electrons. The highest BCUT2D eigenvalue weighted by Gasteiger charge is 2.27. The summed E-state index contributed by atoms with van der Waals surface area (Å²) in [5.41, 5.74) is 1.07. The Morgan fingerprint density at radius 1 is 1.10 bits per heavy atom. The average molecular weight is 531 g/mol. The van der Waals surface area contributed by atoms with Gasteiger partial charge in [0.1, 0.15) is 12.3 Å². The van der Waals surface area contributed by atoms with Gasteiger partial charge in [-0.1, -0.05) is 18.6 Å². The molecule has 1 saturated heterocycles. The maximum Gasteiger partial charge on any atom is 0.242 e. The molecule has 0 unspecified atom stereocenters. The van der Waals surface area contributed by atoms with Crippen molar-refractivity contribution in [3.05, 3.63) is 29.8 Å². The average Bonchev–Trinajstić information content (AvgIpc) is 2.75. The Bertz CT molecular complexity index is 658. The van der Waals surface area contributed by atoms with E-state index in [0.717, 1.165) is 37.5 Å². The maximum absolute atomic E-state index is 12.2. The van der Waals surface area contributed by atoms with E-state index in [-0.39, 0.29) is 42.0 Å². The van der Waals surface area contributed by atoms with Gasteiger partial charge in [-0.3, -0.25) is 9.69 Å². The first-order valence-corrected chi connectivity index (χ1v) is 10.6. The molecule has 30 heavy (non-hydrogen) atoms. The second kappa shape index (κ2) is 13.7. The fraction of sp³-hybridized carbons (Fsp3) is 0.636. The fourth-order valence-corrected chi connectivity index (χ4v) is 3.40. The number of amides is 1. The predicted molar refractivity (Wildman–Crippen MR) is 134 cm³/mol. The highest BCUT2D eigenvalue weighted by molar-refractivity contribution is 14.0. The third-order valence-corrected chi connectivity index (χ3v) is 5.27. The lowest BCUT2D eigenvalue weighted by Crippen LogP contribution is -2.55. The van der Waals surface area contributed by atoms with Crippen LogP contribution in [-0.4, -0.2) is 62.1 Å². The number of hydrogen-bond donors (Lipinski definition) is 3. The molecule has 0 aliphatic carbocycles. The first-order chi connectivity index (χ1) is 13.9. The Morgan fingerprint density at radius 3 is 2.37 bits per heavy atom. The zero-order valence-electron chi connectivity index (χ0n) is 18.8. The van der Waals surface area contributed by atoms with E-state index in [1.165, 1.54) is 19.3 Å². The van der Waals surface area contributed by atoms with Crippen molar-refractivity contribution in [1.29, 1.82) is 0 Å². The third-order valence-electron chi connectivity index (χ3n) is 5.27. The van der Waals surface area contributed by atoms with Crippen molar-refractivity contribution < 1.29 is 9.53 Å². The minimum Gasteiger partial charge on any atom is -0.497 e. The lowest BCUT2D eigenvalue weighted by atomic mass is 9.98. The number of likely N-dealkylation sites (tertiary alicyclic amines) is 1. The van der Waals surface area contributed by atoms with Gasteiger partial charge in [0, 0.05) is 25.2 Å².